The number of aliphatic hydroxyl groups excluding tert-OH is 1. The maximum absolute atomic E-state index is 13.5. The molecule has 0 aromatic carbocycles. The summed E-state index contributed by atoms with van der Waals surface area (Å²) in [5.74, 6) is -0.739. The van der Waals surface area contributed by atoms with Crippen LogP contribution in [0.3, 0.4) is 0 Å². The quantitative estimate of drug-likeness (QED) is 0.540. The van der Waals surface area contributed by atoms with Gasteiger partial charge in [0.2, 0.25) is 21.8 Å². The van der Waals surface area contributed by atoms with Crippen molar-refractivity contribution < 1.29 is 23.1 Å². The van der Waals surface area contributed by atoms with Crippen LogP contribution in [0.25, 0.3) is 0 Å². The number of carbonyl (C=O) groups excluding carboxylic acids is 2. The van der Waals surface area contributed by atoms with Gasteiger partial charge in [-0.15, -0.1) is 5.10 Å². The van der Waals surface area contributed by atoms with Crippen LogP contribution < -0.4 is 10.5 Å². The second kappa shape index (κ2) is 7.57. The van der Waals surface area contributed by atoms with Gasteiger partial charge in [-0.1, -0.05) is 26.0 Å². The van der Waals surface area contributed by atoms with E-state index in [0.717, 1.165) is 0 Å². The molecule has 3 atom stereocenters. The van der Waals surface area contributed by atoms with Gasteiger partial charge in [0.15, 0.2) is 0 Å². The number of likely N-dealkylation sites (tertiary alicyclic amines) is 1. The first-order valence-electron chi connectivity index (χ1n) is 9.96. The van der Waals surface area contributed by atoms with Gasteiger partial charge in [-0.2, -0.15) is 0 Å². The molecule has 1 saturated carbocycles. The number of hydrogen-bond acceptors (Lipinski definition) is 7. The summed E-state index contributed by atoms with van der Waals surface area (Å²) in [6, 6.07) is -1.64. The Labute approximate surface area is 176 Å². The van der Waals surface area contributed by atoms with Crippen molar-refractivity contribution in [2.45, 2.75) is 69.4 Å². The van der Waals surface area contributed by atoms with E-state index in [9.17, 15) is 23.1 Å². The highest BCUT2D eigenvalue weighted by Gasteiger charge is 2.52. The molecule has 2 heterocycles. The van der Waals surface area contributed by atoms with E-state index in [1.165, 1.54) is 22.8 Å². The highest BCUT2D eigenvalue weighted by molar-refractivity contribution is 7.90. The minimum Gasteiger partial charge on any atom is -0.391 e. The van der Waals surface area contributed by atoms with E-state index in [2.05, 4.69) is 15.6 Å². The summed E-state index contributed by atoms with van der Waals surface area (Å²) >= 11 is 0. The lowest BCUT2D eigenvalue weighted by Crippen LogP contribution is -2.50. The van der Waals surface area contributed by atoms with E-state index in [1.807, 2.05) is 20.8 Å². The maximum atomic E-state index is 13.5. The van der Waals surface area contributed by atoms with Crippen molar-refractivity contribution in [3.8, 4) is 0 Å². The predicted octanol–water partition coefficient (Wildman–Crippen LogP) is -0.759. The van der Waals surface area contributed by atoms with Crippen molar-refractivity contribution in [2.75, 3.05) is 13.6 Å². The topological polar surface area (TPSA) is 161 Å². The van der Waals surface area contributed by atoms with Crippen LogP contribution in [-0.2, 0) is 24.4 Å². The fourth-order valence-electron chi connectivity index (χ4n) is 4.31. The number of hydrogen-bond donors (Lipinski definition) is 3. The van der Waals surface area contributed by atoms with Crippen LogP contribution >= 0.6 is 0 Å². The predicted molar refractivity (Wildman–Crippen MR) is 107 cm³/mol. The lowest BCUT2D eigenvalue weighted by Gasteiger charge is -2.37. The molecule has 4 N–H and O–H groups in total. The zero-order chi connectivity index (χ0) is 22.5. The minimum atomic E-state index is -3.89. The van der Waals surface area contributed by atoms with Crippen molar-refractivity contribution in [1.82, 2.24) is 25.2 Å². The van der Waals surface area contributed by atoms with E-state index in [4.69, 9.17) is 5.14 Å². The molecule has 0 bridgehead atoms. The molecule has 2 unspecified atom stereocenters. The van der Waals surface area contributed by atoms with Crippen LogP contribution in [0.15, 0.2) is 6.20 Å². The average molecular weight is 443 g/mol. The molecule has 12 heteroatoms. The van der Waals surface area contributed by atoms with Gasteiger partial charge in [0.1, 0.15) is 22.5 Å². The third-order valence-electron chi connectivity index (χ3n) is 6.11. The number of nitrogens with two attached hydrogens (primary N) is 1. The number of amides is 2. The summed E-state index contributed by atoms with van der Waals surface area (Å²) < 4.78 is 24.5. The Bertz CT molecular complexity index is 933. The number of nitrogens with zero attached hydrogens (tertiary/aromatic N) is 4. The van der Waals surface area contributed by atoms with E-state index in [0.29, 0.717) is 19.3 Å². The Balaban J connectivity index is 1.98. The number of β-amino-alcohol motifs (C(OH)–C–C–N with tert-alkyl or cyclic N) is 1. The number of carbonyl (C=O) groups is 2. The molecule has 0 spiro atoms. The molecule has 1 aromatic rings. The summed E-state index contributed by atoms with van der Waals surface area (Å²) in [6.07, 6.45) is 2.25. The van der Waals surface area contributed by atoms with Crippen LogP contribution in [0.2, 0.25) is 0 Å². The largest absolute Gasteiger partial charge is 0.391 e. The zero-order valence-corrected chi connectivity index (χ0v) is 18.5. The monoisotopic (exact) mass is 442 g/mol. The molecule has 168 valence electrons. The van der Waals surface area contributed by atoms with Gasteiger partial charge in [0.05, 0.1) is 12.3 Å². The van der Waals surface area contributed by atoms with E-state index < -0.39 is 38.4 Å². The Kier molecular flexibility index (Phi) is 5.71. The summed E-state index contributed by atoms with van der Waals surface area (Å²) in [4.78, 5) is 27.1. The molecule has 3 rings (SSSR count). The highest BCUT2D eigenvalue weighted by atomic mass is 32.2. The first kappa shape index (κ1) is 22.6. The molecule has 2 amide bonds. The molecule has 0 radical (unpaired) electrons. The van der Waals surface area contributed by atoms with Crippen molar-refractivity contribution >= 4 is 21.8 Å². The number of aliphatic hydroxyl groups is 1. The molecular formula is C18H30N6O5S. The number of likely N-dealkylation sites (N-methyl/N-ethyl adjacent to an activating group) is 1. The number of nitrogens with one attached hydrogen (secondary N) is 1. The second-order valence-electron chi connectivity index (χ2n) is 9.26. The molecule has 2 fully saturated rings. The standard InChI is InChI=1S/C18H30N6O5S/c1-17(2,3)14(16(27)23-9-11(25)8-12(23)15(26)20-4)24-10-13(21-22-24)18(6-5-7-18)30(19,28)29/h10-12,14,25H,5-9H2,1-4H3,(H,20,26)(H2,19,28,29)/t11?,12-,14?/m1/s1. The Morgan fingerprint density at radius 1 is 1.37 bits per heavy atom. The minimum absolute atomic E-state index is 0.0339. The molecule has 30 heavy (non-hydrogen) atoms. The fourth-order valence-corrected chi connectivity index (χ4v) is 5.55. The summed E-state index contributed by atoms with van der Waals surface area (Å²) in [5, 5.41) is 26.2. The number of sulfonamides is 1. The zero-order valence-electron chi connectivity index (χ0n) is 17.7. The van der Waals surface area contributed by atoms with Gasteiger partial charge >= 0.3 is 0 Å². The van der Waals surface area contributed by atoms with Crippen LogP contribution in [-0.4, -0.2) is 71.0 Å². The molecule has 2 aliphatic rings. The Morgan fingerprint density at radius 3 is 2.47 bits per heavy atom. The molecule has 1 saturated heterocycles. The van der Waals surface area contributed by atoms with Crippen LogP contribution in [0, 0.1) is 5.41 Å². The summed E-state index contributed by atoms with van der Waals surface area (Å²) in [7, 11) is -2.41. The van der Waals surface area contributed by atoms with E-state index >= 15 is 0 Å². The molecule has 11 nitrogen and oxygen atoms in total. The molecule has 1 aliphatic heterocycles. The summed E-state index contributed by atoms with van der Waals surface area (Å²) in [6.45, 7) is 5.57. The highest BCUT2D eigenvalue weighted by Crippen LogP contribution is 2.46. The number of primary sulfonamides is 1. The van der Waals surface area contributed by atoms with Gasteiger partial charge in [-0.3, -0.25) is 9.59 Å². The molecular weight excluding hydrogens is 412 g/mol. The first-order chi connectivity index (χ1) is 13.8. The van der Waals surface area contributed by atoms with Crippen LogP contribution in [0.1, 0.15) is 58.2 Å². The van der Waals surface area contributed by atoms with Gasteiger partial charge in [-0.05, 0) is 24.7 Å². The van der Waals surface area contributed by atoms with Crippen molar-refractivity contribution in [3.63, 3.8) is 0 Å². The van der Waals surface area contributed by atoms with Crippen molar-refractivity contribution in [3.05, 3.63) is 11.9 Å². The number of aromatic nitrogens is 3. The lowest BCUT2D eigenvalue weighted by molar-refractivity contribution is -0.144. The van der Waals surface area contributed by atoms with Crippen molar-refractivity contribution in [1.29, 1.82) is 0 Å². The third kappa shape index (κ3) is 3.71. The Morgan fingerprint density at radius 2 is 2.00 bits per heavy atom. The smallest absolute Gasteiger partial charge is 0.248 e. The van der Waals surface area contributed by atoms with Crippen LogP contribution in [0.5, 0.6) is 0 Å². The number of rotatable bonds is 5. The second-order valence-corrected chi connectivity index (χ2v) is 11.1. The Hall–Kier alpha value is -2.05. The normalized spacial score (nSPS) is 24.9. The average Bonchev–Trinajstić information content (AvgIpc) is 3.17. The van der Waals surface area contributed by atoms with Crippen LogP contribution in [0.4, 0.5) is 0 Å². The lowest BCUT2D eigenvalue weighted by atomic mass is 9.82. The van der Waals surface area contributed by atoms with E-state index in [-0.39, 0.29) is 30.5 Å². The van der Waals surface area contributed by atoms with E-state index in [1.54, 1.807) is 0 Å². The fraction of sp³-hybridized carbons (Fsp3) is 0.778. The van der Waals surface area contributed by atoms with Gasteiger partial charge in [-0.25, -0.2) is 18.2 Å². The SMILES string of the molecule is CNC(=O)[C@H]1CC(O)CN1C(=O)C(n1cc(C2(S(N)(=O)=O)CCC2)nn1)C(C)(C)C. The molecule has 1 aliphatic carbocycles. The molecule has 1 aromatic heterocycles. The van der Waals surface area contributed by atoms with Gasteiger partial charge in [0.25, 0.3) is 0 Å². The summed E-state index contributed by atoms with van der Waals surface area (Å²) in [5.41, 5.74) is -0.403. The van der Waals surface area contributed by atoms with Gasteiger partial charge < -0.3 is 15.3 Å². The maximum Gasteiger partial charge on any atom is 0.248 e. The third-order valence-corrected chi connectivity index (χ3v) is 7.82. The van der Waals surface area contributed by atoms with Gasteiger partial charge in [0, 0.05) is 20.0 Å². The van der Waals surface area contributed by atoms with Crippen molar-refractivity contribution in [2.24, 2.45) is 10.6 Å². The first-order valence-corrected chi connectivity index (χ1v) is 11.5.